The molecule has 2 aliphatic rings. The fourth-order valence-corrected chi connectivity index (χ4v) is 2.68. The Hall–Kier alpha value is -1.03. The van der Waals surface area contributed by atoms with E-state index in [0.29, 0.717) is 0 Å². The van der Waals surface area contributed by atoms with Gasteiger partial charge in [0.25, 0.3) is 0 Å². The second-order valence-electron chi connectivity index (χ2n) is 5.01. The number of hydrogen-bond acceptors (Lipinski definition) is 1. The molecule has 1 saturated carbocycles. The van der Waals surface area contributed by atoms with Crippen molar-refractivity contribution in [3.8, 4) is 0 Å². The first-order valence-corrected chi connectivity index (χ1v) is 5.94. The van der Waals surface area contributed by atoms with E-state index < -0.39 is 11.7 Å². The molecule has 2 aliphatic carbocycles. The van der Waals surface area contributed by atoms with Gasteiger partial charge in [-0.1, -0.05) is 24.3 Å². The first kappa shape index (κ1) is 11.1. The van der Waals surface area contributed by atoms with E-state index >= 15 is 0 Å². The van der Waals surface area contributed by atoms with Gasteiger partial charge in [-0.15, -0.1) is 0 Å². The van der Waals surface area contributed by atoms with Gasteiger partial charge in [0.15, 0.2) is 0 Å². The zero-order valence-corrected chi connectivity index (χ0v) is 9.35. The monoisotopic (exact) mass is 241 g/mol. The van der Waals surface area contributed by atoms with Crippen LogP contribution in [0.25, 0.3) is 0 Å². The molecule has 3 rings (SSSR count). The topological polar surface area (TPSA) is 12.0 Å². The number of benzene rings is 1. The van der Waals surface area contributed by atoms with E-state index in [2.05, 4.69) is 5.32 Å². The van der Waals surface area contributed by atoms with Crippen molar-refractivity contribution >= 4 is 0 Å². The Morgan fingerprint density at radius 1 is 1.18 bits per heavy atom. The second-order valence-corrected chi connectivity index (χ2v) is 5.01. The third-order valence-electron chi connectivity index (χ3n) is 3.88. The molecule has 0 radical (unpaired) electrons. The molecule has 1 unspecified atom stereocenters. The maximum atomic E-state index is 12.9. The number of halogens is 3. The smallest absolute Gasteiger partial charge is 0.297 e. The molecule has 0 saturated heterocycles. The molecule has 1 aromatic rings. The maximum absolute atomic E-state index is 12.9. The van der Waals surface area contributed by atoms with Crippen molar-refractivity contribution in [2.45, 2.75) is 43.4 Å². The van der Waals surface area contributed by atoms with Crippen molar-refractivity contribution in [3.05, 3.63) is 35.4 Å². The molecule has 92 valence electrons. The Kier molecular flexibility index (Phi) is 2.27. The van der Waals surface area contributed by atoms with E-state index in [1.54, 1.807) is 0 Å². The Morgan fingerprint density at radius 2 is 1.88 bits per heavy atom. The molecule has 1 nitrogen and oxygen atoms in total. The van der Waals surface area contributed by atoms with E-state index in [1.165, 1.54) is 5.56 Å². The molecule has 0 amide bonds. The minimum Gasteiger partial charge on any atom is -0.297 e. The van der Waals surface area contributed by atoms with E-state index in [9.17, 15) is 13.2 Å². The van der Waals surface area contributed by atoms with E-state index in [4.69, 9.17) is 0 Å². The van der Waals surface area contributed by atoms with Crippen LogP contribution in [0.1, 0.15) is 36.4 Å². The van der Waals surface area contributed by atoms with Gasteiger partial charge < -0.3 is 0 Å². The average molecular weight is 241 g/mol. The minimum absolute atomic E-state index is 0.129. The Labute approximate surface area is 98.0 Å². The van der Waals surface area contributed by atoms with Crippen molar-refractivity contribution < 1.29 is 13.2 Å². The Morgan fingerprint density at radius 3 is 2.53 bits per heavy atom. The van der Waals surface area contributed by atoms with Gasteiger partial charge in [0, 0.05) is 6.04 Å². The molecule has 0 spiro atoms. The van der Waals surface area contributed by atoms with Crippen LogP contribution in [0.3, 0.4) is 0 Å². The van der Waals surface area contributed by atoms with Crippen molar-refractivity contribution in [2.24, 2.45) is 0 Å². The van der Waals surface area contributed by atoms with Crippen LogP contribution < -0.4 is 5.32 Å². The summed E-state index contributed by atoms with van der Waals surface area (Å²) in [6.45, 7) is 0. The number of nitrogens with one attached hydrogen (secondary N) is 1. The third-order valence-corrected chi connectivity index (χ3v) is 3.88. The van der Waals surface area contributed by atoms with Gasteiger partial charge >= 0.3 is 6.18 Å². The highest BCUT2D eigenvalue weighted by Gasteiger charge is 2.64. The lowest BCUT2D eigenvalue weighted by Gasteiger charge is -2.25. The normalized spacial score (nSPS) is 25.7. The zero-order valence-electron chi connectivity index (χ0n) is 9.35. The van der Waals surface area contributed by atoms with E-state index in [-0.39, 0.29) is 18.9 Å². The number of hydrogen-bond donors (Lipinski definition) is 1. The molecule has 1 aromatic carbocycles. The van der Waals surface area contributed by atoms with Crippen LogP contribution in [-0.2, 0) is 6.42 Å². The quantitative estimate of drug-likeness (QED) is 0.837. The SMILES string of the molecule is FC(F)(F)C1(NC2CCc3ccccc32)CC1. The van der Waals surface area contributed by atoms with E-state index in [0.717, 1.165) is 18.4 Å². The molecule has 0 aromatic heterocycles. The van der Waals surface area contributed by atoms with Crippen molar-refractivity contribution in [1.82, 2.24) is 5.32 Å². The molecular weight excluding hydrogens is 227 g/mol. The molecular formula is C13H14F3N. The lowest BCUT2D eigenvalue weighted by Crippen LogP contribution is -2.46. The fourth-order valence-electron chi connectivity index (χ4n) is 2.68. The predicted molar refractivity (Wildman–Crippen MR) is 58.7 cm³/mol. The maximum Gasteiger partial charge on any atom is 0.406 e. The fraction of sp³-hybridized carbons (Fsp3) is 0.538. The van der Waals surface area contributed by atoms with Gasteiger partial charge in [-0.05, 0) is 36.8 Å². The third kappa shape index (κ3) is 1.75. The van der Waals surface area contributed by atoms with Crippen LogP contribution in [0.4, 0.5) is 13.2 Å². The van der Waals surface area contributed by atoms with Gasteiger partial charge in [-0.3, -0.25) is 5.32 Å². The molecule has 0 heterocycles. The summed E-state index contributed by atoms with van der Waals surface area (Å²) >= 11 is 0. The van der Waals surface area contributed by atoms with Crippen LogP contribution in [0, 0.1) is 0 Å². The van der Waals surface area contributed by atoms with Crippen LogP contribution in [-0.4, -0.2) is 11.7 Å². The highest BCUT2D eigenvalue weighted by molar-refractivity contribution is 5.35. The van der Waals surface area contributed by atoms with Gasteiger partial charge in [-0.25, -0.2) is 0 Å². The molecule has 0 bridgehead atoms. The van der Waals surface area contributed by atoms with Crippen LogP contribution in [0.15, 0.2) is 24.3 Å². The Balaban J connectivity index is 1.81. The summed E-state index contributed by atoms with van der Waals surface area (Å²) in [4.78, 5) is 0. The lowest BCUT2D eigenvalue weighted by atomic mass is 10.1. The standard InChI is InChI=1S/C13H14F3N/c14-13(15,16)12(7-8-12)17-11-6-5-9-3-1-2-4-10(9)11/h1-4,11,17H,5-8H2. The summed E-state index contributed by atoms with van der Waals surface area (Å²) in [5, 5.41) is 2.84. The average Bonchev–Trinajstić information content (AvgIpc) is 2.95. The van der Waals surface area contributed by atoms with Crippen molar-refractivity contribution in [3.63, 3.8) is 0 Å². The van der Waals surface area contributed by atoms with Crippen molar-refractivity contribution in [2.75, 3.05) is 0 Å². The summed E-state index contributed by atoms with van der Waals surface area (Å²) in [7, 11) is 0. The minimum atomic E-state index is -4.12. The molecule has 4 heteroatoms. The van der Waals surface area contributed by atoms with Gasteiger partial charge in [0.1, 0.15) is 5.54 Å². The molecule has 17 heavy (non-hydrogen) atoms. The van der Waals surface area contributed by atoms with Crippen LogP contribution in [0.5, 0.6) is 0 Å². The van der Waals surface area contributed by atoms with Crippen molar-refractivity contribution in [1.29, 1.82) is 0 Å². The lowest BCUT2D eigenvalue weighted by molar-refractivity contribution is -0.168. The highest BCUT2D eigenvalue weighted by Crippen LogP contribution is 2.51. The molecule has 0 aliphatic heterocycles. The number of alkyl halides is 3. The zero-order chi connectivity index (χ0) is 12.1. The molecule has 1 fully saturated rings. The van der Waals surface area contributed by atoms with Gasteiger partial charge in [0.2, 0.25) is 0 Å². The first-order chi connectivity index (χ1) is 8.02. The summed E-state index contributed by atoms with van der Waals surface area (Å²) in [5.41, 5.74) is 0.626. The highest BCUT2D eigenvalue weighted by atomic mass is 19.4. The summed E-state index contributed by atoms with van der Waals surface area (Å²) in [5.74, 6) is 0. The molecule has 1 atom stereocenters. The summed E-state index contributed by atoms with van der Waals surface area (Å²) in [6, 6.07) is 7.65. The van der Waals surface area contributed by atoms with Gasteiger partial charge in [0.05, 0.1) is 0 Å². The van der Waals surface area contributed by atoms with E-state index in [1.807, 2.05) is 24.3 Å². The number of rotatable bonds is 2. The summed E-state index contributed by atoms with van der Waals surface area (Å²) in [6.07, 6.45) is -2.03. The first-order valence-electron chi connectivity index (χ1n) is 5.94. The van der Waals surface area contributed by atoms with Crippen LogP contribution in [0.2, 0.25) is 0 Å². The van der Waals surface area contributed by atoms with Gasteiger partial charge in [-0.2, -0.15) is 13.2 Å². The summed E-state index contributed by atoms with van der Waals surface area (Å²) < 4.78 is 38.6. The second kappa shape index (κ2) is 3.48. The number of aryl methyl sites for hydroxylation is 1. The molecule has 1 N–H and O–H groups in total. The Bertz CT molecular complexity index is 435. The van der Waals surface area contributed by atoms with Crippen LogP contribution >= 0.6 is 0 Å². The largest absolute Gasteiger partial charge is 0.406 e. The predicted octanol–water partition coefficient (Wildman–Crippen LogP) is 3.36. The number of fused-ring (bicyclic) bond motifs is 1.